The van der Waals surface area contributed by atoms with Crippen molar-refractivity contribution < 1.29 is 33.3 Å². The Morgan fingerprint density at radius 1 is 1.07 bits per heavy atom. The number of rotatable bonds is 16. The highest BCUT2D eigenvalue weighted by molar-refractivity contribution is 7.99. The third-order valence-electron chi connectivity index (χ3n) is 3.38. The Balaban J connectivity index is 4.95. The van der Waals surface area contributed by atoms with Crippen molar-refractivity contribution in [2.75, 3.05) is 37.9 Å². The number of carbonyl (C=O) groups excluding carboxylic acids is 3. The van der Waals surface area contributed by atoms with Crippen molar-refractivity contribution in [3.63, 3.8) is 0 Å². The van der Waals surface area contributed by atoms with Crippen LogP contribution in [0.4, 0.5) is 4.79 Å². The number of ether oxygens (including phenoxy) is 4. The lowest BCUT2D eigenvalue weighted by molar-refractivity contribution is -0.144. The highest BCUT2D eigenvalue weighted by Gasteiger charge is 2.31. The van der Waals surface area contributed by atoms with Crippen LogP contribution in [0.2, 0.25) is 0 Å². The van der Waals surface area contributed by atoms with E-state index in [4.69, 9.17) is 18.9 Å². The first-order chi connectivity index (χ1) is 13.8. The van der Waals surface area contributed by atoms with Gasteiger partial charge < -0.3 is 24.3 Å². The maximum Gasteiger partial charge on any atom is 0.408 e. The fourth-order valence-corrected chi connectivity index (χ4v) is 2.84. The lowest BCUT2D eigenvalue weighted by Crippen LogP contribution is -2.54. The molecule has 0 aromatic heterocycles. The van der Waals surface area contributed by atoms with E-state index in [1.54, 1.807) is 18.7 Å². The molecule has 0 radical (unpaired) electrons. The van der Waals surface area contributed by atoms with Crippen LogP contribution in [0, 0.1) is 0 Å². The second kappa shape index (κ2) is 15.9. The van der Waals surface area contributed by atoms with Gasteiger partial charge in [0.2, 0.25) is 0 Å². The summed E-state index contributed by atoms with van der Waals surface area (Å²) in [6.07, 6.45) is 2.72. The quantitative estimate of drug-likeness (QED) is 0.172. The molecule has 1 amide bonds. The van der Waals surface area contributed by atoms with Gasteiger partial charge in [0.25, 0.3) is 0 Å². The summed E-state index contributed by atoms with van der Waals surface area (Å²) in [5.41, 5.74) is -1.19. The third-order valence-corrected chi connectivity index (χ3v) is 4.69. The maximum absolute atomic E-state index is 12.4. The smallest absolute Gasteiger partial charge is 0.408 e. The molecule has 1 N–H and O–H groups in total. The molecule has 166 valence electrons. The molecule has 29 heavy (non-hydrogen) atoms. The average molecular weight is 432 g/mol. The minimum absolute atomic E-state index is 0.237. The Morgan fingerprint density at radius 2 is 1.66 bits per heavy atom. The second-order valence-electron chi connectivity index (χ2n) is 6.49. The fourth-order valence-electron chi connectivity index (χ4n) is 1.95. The zero-order valence-corrected chi connectivity index (χ0v) is 18.4. The van der Waals surface area contributed by atoms with Crippen LogP contribution >= 0.6 is 11.8 Å². The molecule has 0 aliphatic carbocycles. The van der Waals surface area contributed by atoms with E-state index < -0.39 is 29.7 Å². The minimum Gasteiger partial charge on any atom is -0.460 e. The van der Waals surface area contributed by atoms with Gasteiger partial charge in [-0.15, -0.1) is 0 Å². The SMILES string of the molecule is C=CC(=O)OCC(C)(COC(=O)C=C)NC(=O)OC(COCCC)CSCCC. The van der Waals surface area contributed by atoms with Gasteiger partial charge >= 0.3 is 18.0 Å². The minimum atomic E-state index is -1.19. The Labute approximate surface area is 177 Å². The molecule has 1 unspecified atom stereocenters. The molecule has 0 aromatic rings. The molecule has 0 bridgehead atoms. The molecule has 0 heterocycles. The monoisotopic (exact) mass is 431 g/mol. The number of hydrogen-bond donors (Lipinski definition) is 1. The van der Waals surface area contributed by atoms with Crippen molar-refractivity contribution in [3.8, 4) is 0 Å². The van der Waals surface area contributed by atoms with E-state index in [1.165, 1.54) is 0 Å². The molecule has 0 saturated carbocycles. The van der Waals surface area contributed by atoms with Crippen LogP contribution in [-0.4, -0.2) is 67.6 Å². The molecule has 0 aliphatic rings. The summed E-state index contributed by atoms with van der Waals surface area (Å²) < 4.78 is 21.0. The molecule has 0 fully saturated rings. The van der Waals surface area contributed by atoms with Crippen molar-refractivity contribution in [1.82, 2.24) is 5.32 Å². The molecule has 0 aromatic carbocycles. The number of carbonyl (C=O) groups is 3. The van der Waals surface area contributed by atoms with E-state index in [-0.39, 0.29) is 19.8 Å². The standard InChI is InChI=1S/C20H33NO7S/c1-6-10-25-12-16(13-29-11-7-2)28-19(24)21-20(5,14-26-17(22)8-3)15-27-18(23)9-4/h8-9,16H,3-4,6-7,10-15H2,1-2,5H3,(H,21,24). The zero-order valence-electron chi connectivity index (χ0n) is 17.6. The summed E-state index contributed by atoms with van der Waals surface area (Å²) in [5.74, 6) is 0.215. The first kappa shape index (κ1) is 27.0. The van der Waals surface area contributed by atoms with Crippen molar-refractivity contribution in [2.24, 2.45) is 0 Å². The van der Waals surface area contributed by atoms with Gasteiger partial charge in [-0.3, -0.25) is 0 Å². The lowest BCUT2D eigenvalue weighted by Gasteiger charge is -2.30. The summed E-state index contributed by atoms with van der Waals surface area (Å²) in [6, 6.07) is 0. The molecular formula is C20H33NO7S. The van der Waals surface area contributed by atoms with E-state index in [9.17, 15) is 14.4 Å². The van der Waals surface area contributed by atoms with Crippen LogP contribution in [0.25, 0.3) is 0 Å². The number of hydrogen-bond acceptors (Lipinski definition) is 8. The Kier molecular flexibility index (Phi) is 14.8. The number of alkyl carbamates (subject to hydrolysis) is 1. The first-order valence-electron chi connectivity index (χ1n) is 9.52. The molecule has 0 spiro atoms. The molecule has 1 atom stereocenters. The lowest BCUT2D eigenvalue weighted by atomic mass is 10.1. The fraction of sp³-hybridized carbons (Fsp3) is 0.650. The van der Waals surface area contributed by atoms with Crippen molar-refractivity contribution >= 4 is 29.8 Å². The van der Waals surface area contributed by atoms with Crippen LogP contribution in [0.5, 0.6) is 0 Å². The summed E-state index contributed by atoms with van der Waals surface area (Å²) in [4.78, 5) is 35.2. The van der Waals surface area contributed by atoms with Crippen molar-refractivity contribution in [3.05, 3.63) is 25.3 Å². The van der Waals surface area contributed by atoms with Gasteiger partial charge in [-0.1, -0.05) is 27.0 Å². The summed E-state index contributed by atoms with van der Waals surface area (Å²) in [5, 5.41) is 2.61. The van der Waals surface area contributed by atoms with Crippen LogP contribution in [0.15, 0.2) is 25.3 Å². The normalized spacial score (nSPS) is 11.8. The van der Waals surface area contributed by atoms with Crippen LogP contribution < -0.4 is 5.32 Å². The van der Waals surface area contributed by atoms with Gasteiger partial charge in [0, 0.05) is 24.5 Å². The van der Waals surface area contributed by atoms with E-state index in [0.717, 1.165) is 30.7 Å². The molecular weight excluding hydrogens is 398 g/mol. The van der Waals surface area contributed by atoms with Crippen molar-refractivity contribution in [1.29, 1.82) is 0 Å². The Bertz CT molecular complexity index is 505. The predicted octanol–water partition coefficient (Wildman–Crippen LogP) is 2.87. The molecule has 0 saturated heterocycles. The first-order valence-corrected chi connectivity index (χ1v) is 10.7. The van der Waals surface area contributed by atoms with E-state index >= 15 is 0 Å². The maximum atomic E-state index is 12.4. The summed E-state index contributed by atoms with van der Waals surface area (Å²) in [6.45, 7) is 12.7. The molecule has 8 nitrogen and oxygen atoms in total. The zero-order chi connectivity index (χ0) is 22.1. The highest BCUT2D eigenvalue weighted by atomic mass is 32.2. The summed E-state index contributed by atoms with van der Waals surface area (Å²) >= 11 is 1.67. The van der Waals surface area contributed by atoms with E-state index in [2.05, 4.69) is 25.4 Å². The van der Waals surface area contributed by atoms with Gasteiger partial charge in [0.1, 0.15) is 24.9 Å². The van der Waals surface area contributed by atoms with Crippen LogP contribution in [-0.2, 0) is 28.5 Å². The van der Waals surface area contributed by atoms with Crippen LogP contribution in [0.3, 0.4) is 0 Å². The van der Waals surface area contributed by atoms with Crippen LogP contribution in [0.1, 0.15) is 33.6 Å². The van der Waals surface area contributed by atoms with Crippen molar-refractivity contribution in [2.45, 2.75) is 45.3 Å². The van der Waals surface area contributed by atoms with Gasteiger partial charge in [-0.05, 0) is 25.5 Å². The number of amides is 1. The van der Waals surface area contributed by atoms with E-state index in [0.29, 0.717) is 12.4 Å². The number of thioether (sulfide) groups is 1. The molecule has 0 rings (SSSR count). The largest absolute Gasteiger partial charge is 0.460 e. The summed E-state index contributed by atoms with van der Waals surface area (Å²) in [7, 11) is 0. The Morgan fingerprint density at radius 3 is 2.14 bits per heavy atom. The second-order valence-corrected chi connectivity index (χ2v) is 7.64. The average Bonchev–Trinajstić information content (AvgIpc) is 2.70. The van der Waals surface area contributed by atoms with Gasteiger partial charge in [0.05, 0.1) is 6.61 Å². The van der Waals surface area contributed by atoms with Gasteiger partial charge in [-0.2, -0.15) is 11.8 Å². The third kappa shape index (κ3) is 13.8. The van der Waals surface area contributed by atoms with Gasteiger partial charge in [0.15, 0.2) is 0 Å². The number of nitrogens with one attached hydrogen (secondary N) is 1. The van der Waals surface area contributed by atoms with Gasteiger partial charge in [-0.25, -0.2) is 14.4 Å². The predicted molar refractivity (Wildman–Crippen MR) is 113 cm³/mol. The molecule has 9 heteroatoms. The molecule has 0 aliphatic heterocycles. The topological polar surface area (TPSA) is 100 Å². The number of esters is 2. The Hall–Kier alpha value is -2.00. The highest BCUT2D eigenvalue weighted by Crippen LogP contribution is 2.11. The van der Waals surface area contributed by atoms with E-state index in [1.807, 2.05) is 6.92 Å².